The summed E-state index contributed by atoms with van der Waals surface area (Å²) < 4.78 is 32.8. The van der Waals surface area contributed by atoms with Crippen molar-refractivity contribution in [1.82, 2.24) is 15.1 Å². The second kappa shape index (κ2) is 16.7. The third-order valence-electron chi connectivity index (χ3n) is 24.2. The number of piperidine rings is 2. The molecule has 2 saturated heterocycles. The number of nitrogens with one attached hydrogen (secondary N) is 1. The monoisotopic (exact) mass is 1020 g/mol. The Kier molecular flexibility index (Phi) is 10.9. The maximum atomic E-state index is 17.1. The van der Waals surface area contributed by atoms with E-state index in [0.717, 1.165) is 122 Å². The van der Waals surface area contributed by atoms with Gasteiger partial charge in [0.25, 0.3) is 0 Å². The van der Waals surface area contributed by atoms with Crippen molar-refractivity contribution in [3.63, 3.8) is 0 Å². The summed E-state index contributed by atoms with van der Waals surface area (Å²) in [5.41, 5.74) is 14.7. The first-order valence-electron chi connectivity index (χ1n) is 29.7. The number of hydrogen-bond acceptors (Lipinski definition) is 5. The number of rotatable bonds is 12. The molecule has 3 amide bonds. The Morgan fingerprint density at radius 1 is 0.573 bits per heavy atom. The first kappa shape index (κ1) is 49.2. The highest BCUT2D eigenvalue weighted by molar-refractivity contribution is 5.85. The molecule has 8 nitrogen and oxygen atoms in total. The van der Waals surface area contributed by atoms with Crippen LogP contribution >= 0.6 is 0 Å². The lowest BCUT2D eigenvalue weighted by Gasteiger charge is -2.70. The van der Waals surface area contributed by atoms with Crippen LogP contribution in [0.5, 0.6) is 0 Å². The maximum absolute atomic E-state index is 17.1. The summed E-state index contributed by atoms with van der Waals surface area (Å²) in [6.07, 6.45) is 18.2. The maximum Gasteiger partial charge on any atom is 0.228 e. The Balaban J connectivity index is 0.739. The minimum atomic E-state index is -1.17. The van der Waals surface area contributed by atoms with Gasteiger partial charge in [0.1, 0.15) is 6.17 Å². The van der Waals surface area contributed by atoms with Gasteiger partial charge in [-0.15, -0.1) is 0 Å². The number of halogens is 2. The van der Waals surface area contributed by atoms with Gasteiger partial charge in [0.05, 0.1) is 29.0 Å². The highest BCUT2D eigenvalue weighted by atomic mass is 19.1. The summed E-state index contributed by atoms with van der Waals surface area (Å²) in [5.74, 6) is 1.05. The average Bonchev–Trinajstić information content (AvgIpc) is 3.49. The first-order valence-corrected chi connectivity index (χ1v) is 29.7. The predicted molar refractivity (Wildman–Crippen MR) is 288 cm³/mol. The lowest BCUT2D eigenvalue weighted by Crippen LogP contribution is -2.67. The van der Waals surface area contributed by atoms with E-state index < -0.39 is 40.5 Å². The van der Waals surface area contributed by atoms with Crippen LogP contribution in [0, 0.1) is 44.3 Å². The fourth-order valence-corrected chi connectivity index (χ4v) is 23.1. The van der Waals surface area contributed by atoms with Gasteiger partial charge in [-0.25, -0.2) is 4.39 Å². The third-order valence-corrected chi connectivity index (χ3v) is 24.2. The van der Waals surface area contributed by atoms with Crippen molar-refractivity contribution in [1.29, 1.82) is 0 Å². The van der Waals surface area contributed by atoms with Gasteiger partial charge < -0.3 is 21.7 Å². The molecule has 2 aliphatic heterocycles. The van der Waals surface area contributed by atoms with E-state index in [1.807, 2.05) is 6.07 Å². The average molecular weight is 1020 g/mol. The van der Waals surface area contributed by atoms with Gasteiger partial charge in [-0.3, -0.25) is 23.7 Å². The van der Waals surface area contributed by atoms with E-state index in [0.29, 0.717) is 63.1 Å². The van der Waals surface area contributed by atoms with Gasteiger partial charge in [0.2, 0.25) is 17.7 Å². The summed E-state index contributed by atoms with van der Waals surface area (Å²) in [6.45, 7) is 5.08. The molecule has 0 spiro atoms. The molecule has 400 valence electrons. The highest BCUT2D eigenvalue weighted by Gasteiger charge is 2.72. The van der Waals surface area contributed by atoms with E-state index in [2.05, 4.69) is 101 Å². The van der Waals surface area contributed by atoms with E-state index in [1.165, 1.54) is 28.7 Å². The summed E-state index contributed by atoms with van der Waals surface area (Å²) >= 11 is 0. The van der Waals surface area contributed by atoms with Crippen molar-refractivity contribution in [2.75, 3.05) is 39.4 Å². The summed E-state index contributed by atoms with van der Waals surface area (Å²) in [4.78, 5) is 48.5. The summed E-state index contributed by atoms with van der Waals surface area (Å²) in [5, 5.41) is 3.43. The standard InChI is InChI=1S/C65H83F2N5O3/c1-2-56-23-44-25-59(30-56,46-9-5-3-6-10-46)37-61(27-44,31-56)54(74)70-52-19-20-71(29-51(52)67)43-57-24-45-26-60(32-57,38-62(28-45,33-57)55(75)72-21-17-50(68)18-22-72)48-13-15-49(16-14-48)64-35-58(42-66)34-63(39-64,47-11-7-4-8-12-47)40-65(36-58,41-64)53(69)73/h3-16,44-45,50-52H,2,17-43,68H2,1H3,(H2,69,73)(H,70,74)/t44?,45?,51-,52+,56?,57?,58?,59?,60?,61?,62?,63?,64?,65?/m0/s1. The normalized spacial score (nSPS) is 45.3. The number of hydrogen-bond donors (Lipinski definition) is 3. The number of carbonyl (C=O) groups excluding carboxylic acids is 3. The zero-order valence-electron chi connectivity index (χ0n) is 44.8. The van der Waals surface area contributed by atoms with Crippen LogP contribution in [0.25, 0.3) is 0 Å². The molecule has 14 atom stereocenters. The van der Waals surface area contributed by atoms with Crippen LogP contribution in [-0.4, -0.2) is 85.2 Å². The molecule has 2 heterocycles. The van der Waals surface area contributed by atoms with Crippen molar-refractivity contribution >= 4 is 17.7 Å². The Labute approximate surface area is 444 Å². The largest absolute Gasteiger partial charge is 0.369 e. The Bertz CT molecular complexity index is 2770. The second-order valence-corrected chi connectivity index (χ2v) is 29.5. The quantitative estimate of drug-likeness (QED) is 0.167. The van der Waals surface area contributed by atoms with Crippen molar-refractivity contribution in [2.45, 2.75) is 188 Å². The van der Waals surface area contributed by atoms with Crippen molar-refractivity contribution < 1.29 is 23.2 Å². The fourth-order valence-electron chi connectivity index (χ4n) is 23.1. The molecule has 12 bridgehead atoms. The van der Waals surface area contributed by atoms with Gasteiger partial charge in [0, 0.05) is 44.2 Å². The molecule has 0 aromatic heterocycles. The van der Waals surface area contributed by atoms with E-state index in [9.17, 15) is 9.59 Å². The van der Waals surface area contributed by atoms with E-state index in [-0.39, 0.29) is 50.3 Å². The number of alkyl halides is 2. The second-order valence-electron chi connectivity index (χ2n) is 29.5. The van der Waals surface area contributed by atoms with Crippen molar-refractivity contribution in [3.8, 4) is 0 Å². The molecule has 12 saturated carbocycles. The highest BCUT2D eigenvalue weighted by Crippen LogP contribution is 2.76. The number of carbonyl (C=O) groups is 3. The van der Waals surface area contributed by atoms with Crippen LogP contribution in [0.2, 0.25) is 0 Å². The number of nitrogens with two attached hydrogens (primary N) is 2. The van der Waals surface area contributed by atoms with Crippen LogP contribution in [0.15, 0.2) is 84.9 Å². The van der Waals surface area contributed by atoms with Crippen LogP contribution < -0.4 is 16.8 Å². The predicted octanol–water partition coefficient (Wildman–Crippen LogP) is 10.7. The molecule has 12 unspecified atom stereocenters. The lowest BCUT2D eigenvalue weighted by atomic mass is 9.33. The van der Waals surface area contributed by atoms with Gasteiger partial charge in [-0.1, -0.05) is 98.3 Å². The zero-order valence-corrected chi connectivity index (χ0v) is 44.8. The van der Waals surface area contributed by atoms with Crippen molar-refractivity contribution in [3.05, 3.63) is 107 Å². The molecule has 3 aromatic rings. The molecule has 75 heavy (non-hydrogen) atoms. The molecule has 12 aliphatic carbocycles. The molecular weight excluding hydrogens is 937 g/mol. The smallest absolute Gasteiger partial charge is 0.228 e. The number of likely N-dealkylation sites (tertiary alicyclic amines) is 2. The zero-order chi connectivity index (χ0) is 51.5. The van der Waals surface area contributed by atoms with E-state index in [1.54, 1.807) is 0 Å². The Morgan fingerprint density at radius 3 is 1.68 bits per heavy atom. The van der Waals surface area contributed by atoms with Crippen LogP contribution in [0.4, 0.5) is 8.78 Å². The van der Waals surface area contributed by atoms with Crippen LogP contribution in [-0.2, 0) is 36.0 Å². The molecule has 14 aliphatic rings. The topological polar surface area (TPSA) is 122 Å². The van der Waals surface area contributed by atoms with Gasteiger partial charge in [-0.05, 0) is 201 Å². The number of nitrogens with zero attached hydrogens (tertiary/aromatic N) is 2. The molecule has 3 aromatic carbocycles. The number of primary amides is 1. The minimum Gasteiger partial charge on any atom is -0.369 e. The van der Waals surface area contributed by atoms with Crippen molar-refractivity contribution in [2.24, 2.45) is 55.8 Å². The van der Waals surface area contributed by atoms with E-state index in [4.69, 9.17) is 11.5 Å². The summed E-state index contributed by atoms with van der Waals surface area (Å²) in [7, 11) is 0. The lowest BCUT2D eigenvalue weighted by molar-refractivity contribution is -0.177. The molecule has 0 radical (unpaired) electrons. The SMILES string of the molecule is CCC12CC3CC(C(=O)N[C@@H]4CCN(CC56CC7CC(C(=O)N8CCC(N)CC8)(C5)CC(c5ccc(C89CC%10(CF)CC(C(N)=O)(CC(c%11ccccc%11)(C%10)C8)C9)cc5)(C7)C6)C[C@@H]4F)(C1)CC(c1ccccc1)(C3)C2. The van der Waals surface area contributed by atoms with Crippen LogP contribution in [0.1, 0.15) is 170 Å². The van der Waals surface area contributed by atoms with E-state index >= 15 is 13.6 Å². The fraction of sp³-hybridized carbons (Fsp3) is 0.677. The molecule has 17 rings (SSSR count). The molecule has 5 N–H and O–H groups in total. The van der Waals surface area contributed by atoms with Gasteiger partial charge in [-0.2, -0.15) is 0 Å². The molecule has 10 heteroatoms. The van der Waals surface area contributed by atoms with Gasteiger partial charge >= 0.3 is 0 Å². The minimum absolute atomic E-state index is 0.0128. The molecule has 14 fully saturated rings. The Morgan fingerprint density at radius 2 is 1.08 bits per heavy atom. The third kappa shape index (κ3) is 7.44. The van der Waals surface area contributed by atoms with Gasteiger partial charge in [0.15, 0.2) is 0 Å². The summed E-state index contributed by atoms with van der Waals surface area (Å²) in [6, 6.07) is 30.5. The molecular formula is C65H83F2N5O3. The number of amides is 3. The first-order chi connectivity index (χ1) is 35.9. The number of benzene rings is 3. The van der Waals surface area contributed by atoms with Crippen LogP contribution in [0.3, 0.4) is 0 Å². The Hall–Kier alpha value is -4.15.